The highest BCUT2D eigenvalue weighted by Gasteiger charge is 2.23. The van der Waals surface area contributed by atoms with E-state index in [0.717, 1.165) is 24.2 Å². The molecule has 1 amide bonds. The number of nitrogens with one attached hydrogen (secondary N) is 1. The van der Waals surface area contributed by atoms with E-state index in [4.69, 9.17) is 10.5 Å². The number of carbonyl (C=O) groups is 1. The molecule has 5 heteroatoms. The Kier molecular flexibility index (Phi) is 5.38. The minimum Gasteiger partial charge on any atom is -0.492 e. The number of ether oxygens (including phenoxy) is 1. The van der Waals surface area contributed by atoms with E-state index in [9.17, 15) is 4.79 Å². The van der Waals surface area contributed by atoms with Crippen LogP contribution in [0, 0.1) is 0 Å². The largest absolute Gasteiger partial charge is 0.492 e. The second-order valence-corrected chi connectivity index (χ2v) is 5.28. The molecule has 110 valence electrons. The second kappa shape index (κ2) is 7.26. The van der Waals surface area contributed by atoms with Gasteiger partial charge in [0.15, 0.2) is 0 Å². The minimum absolute atomic E-state index is 0.0973. The Morgan fingerprint density at radius 1 is 1.50 bits per heavy atom. The predicted octanol–water partition coefficient (Wildman–Crippen LogP) is 0.735. The lowest BCUT2D eigenvalue weighted by atomic mass is 10.2. The summed E-state index contributed by atoms with van der Waals surface area (Å²) in [5, 5.41) is 2.97. The van der Waals surface area contributed by atoms with Crippen molar-refractivity contribution < 1.29 is 9.53 Å². The quantitative estimate of drug-likeness (QED) is 0.735. The monoisotopic (exact) mass is 277 g/mol. The smallest absolute Gasteiger partial charge is 0.234 e. The lowest BCUT2D eigenvalue weighted by Crippen LogP contribution is -2.37. The Balaban J connectivity index is 1.64. The van der Waals surface area contributed by atoms with Crippen LogP contribution in [0.3, 0.4) is 0 Å². The first-order valence-corrected chi connectivity index (χ1v) is 7.07. The van der Waals surface area contributed by atoms with Gasteiger partial charge in [0, 0.05) is 19.1 Å². The van der Waals surface area contributed by atoms with Crippen molar-refractivity contribution >= 4 is 5.91 Å². The summed E-state index contributed by atoms with van der Waals surface area (Å²) in [7, 11) is 1.92. The summed E-state index contributed by atoms with van der Waals surface area (Å²) in [6, 6.07) is 8.19. The highest BCUT2D eigenvalue weighted by atomic mass is 16.5. The first kappa shape index (κ1) is 14.8. The molecule has 1 saturated carbocycles. The van der Waals surface area contributed by atoms with E-state index >= 15 is 0 Å². The Bertz CT molecular complexity index is 446. The highest BCUT2D eigenvalue weighted by Crippen LogP contribution is 2.18. The second-order valence-electron chi connectivity index (χ2n) is 5.28. The number of likely N-dealkylation sites (N-methyl/N-ethyl adjacent to an activating group) is 1. The summed E-state index contributed by atoms with van der Waals surface area (Å²) in [5.74, 6) is 0.920. The predicted molar refractivity (Wildman–Crippen MR) is 78.5 cm³/mol. The molecule has 1 aromatic carbocycles. The molecule has 1 aliphatic rings. The SMILES string of the molecule is CN(CCOc1cccc(CN)c1)CC(=O)NC1CC1. The van der Waals surface area contributed by atoms with Gasteiger partial charge in [0.2, 0.25) is 5.91 Å². The fraction of sp³-hybridized carbons (Fsp3) is 0.533. The number of nitrogens with two attached hydrogens (primary N) is 1. The van der Waals surface area contributed by atoms with E-state index in [0.29, 0.717) is 32.3 Å². The van der Waals surface area contributed by atoms with Crippen LogP contribution in [0.5, 0.6) is 5.75 Å². The molecule has 1 aromatic rings. The first-order valence-electron chi connectivity index (χ1n) is 7.07. The van der Waals surface area contributed by atoms with Crippen molar-refractivity contribution in [2.75, 3.05) is 26.7 Å². The molecule has 5 nitrogen and oxygen atoms in total. The van der Waals surface area contributed by atoms with E-state index in [1.54, 1.807) is 0 Å². The van der Waals surface area contributed by atoms with Gasteiger partial charge in [0.25, 0.3) is 0 Å². The highest BCUT2D eigenvalue weighted by molar-refractivity contribution is 5.78. The van der Waals surface area contributed by atoms with Crippen molar-refractivity contribution in [2.24, 2.45) is 5.73 Å². The van der Waals surface area contributed by atoms with Gasteiger partial charge >= 0.3 is 0 Å². The number of hydrogen-bond donors (Lipinski definition) is 2. The lowest BCUT2D eigenvalue weighted by Gasteiger charge is -2.16. The maximum absolute atomic E-state index is 11.6. The zero-order valence-electron chi connectivity index (χ0n) is 12.0. The van der Waals surface area contributed by atoms with Gasteiger partial charge < -0.3 is 15.8 Å². The van der Waals surface area contributed by atoms with E-state index in [2.05, 4.69) is 5.32 Å². The van der Waals surface area contributed by atoms with Gasteiger partial charge in [-0.05, 0) is 37.6 Å². The van der Waals surface area contributed by atoms with Crippen molar-refractivity contribution in [1.29, 1.82) is 0 Å². The molecule has 0 aliphatic heterocycles. The Morgan fingerprint density at radius 3 is 3.00 bits per heavy atom. The van der Waals surface area contributed by atoms with E-state index < -0.39 is 0 Å². The molecular formula is C15H23N3O2. The zero-order chi connectivity index (χ0) is 14.4. The van der Waals surface area contributed by atoms with Gasteiger partial charge in [-0.25, -0.2) is 0 Å². The maximum Gasteiger partial charge on any atom is 0.234 e. The van der Waals surface area contributed by atoms with Gasteiger partial charge in [-0.1, -0.05) is 12.1 Å². The first-order chi connectivity index (χ1) is 9.67. The van der Waals surface area contributed by atoms with E-state index in [1.807, 2.05) is 36.2 Å². The molecule has 1 fully saturated rings. The van der Waals surface area contributed by atoms with Gasteiger partial charge in [-0.15, -0.1) is 0 Å². The van der Waals surface area contributed by atoms with Crippen LogP contribution < -0.4 is 15.8 Å². The number of rotatable bonds is 8. The maximum atomic E-state index is 11.6. The summed E-state index contributed by atoms with van der Waals surface area (Å²) in [4.78, 5) is 13.6. The molecular weight excluding hydrogens is 254 g/mol. The lowest BCUT2D eigenvalue weighted by molar-refractivity contribution is -0.122. The van der Waals surface area contributed by atoms with Crippen LogP contribution in [-0.4, -0.2) is 43.6 Å². The number of hydrogen-bond acceptors (Lipinski definition) is 4. The third kappa shape index (κ3) is 5.19. The van der Waals surface area contributed by atoms with E-state index in [1.165, 1.54) is 0 Å². The van der Waals surface area contributed by atoms with Crippen LogP contribution in [-0.2, 0) is 11.3 Å². The van der Waals surface area contributed by atoms with Crippen molar-refractivity contribution in [1.82, 2.24) is 10.2 Å². The van der Waals surface area contributed by atoms with Crippen LogP contribution in [0.1, 0.15) is 18.4 Å². The summed E-state index contributed by atoms with van der Waals surface area (Å²) in [6.07, 6.45) is 2.24. The Hall–Kier alpha value is -1.59. The van der Waals surface area contributed by atoms with Crippen molar-refractivity contribution in [2.45, 2.75) is 25.4 Å². The standard InChI is InChI=1S/C15H23N3O2/c1-18(11-15(19)17-13-5-6-13)7-8-20-14-4-2-3-12(9-14)10-16/h2-4,9,13H,5-8,10-11,16H2,1H3,(H,17,19). The number of benzene rings is 1. The molecule has 2 rings (SSSR count). The molecule has 0 unspecified atom stereocenters. The molecule has 0 aromatic heterocycles. The topological polar surface area (TPSA) is 67.6 Å². The average Bonchev–Trinajstić information content (AvgIpc) is 3.22. The molecule has 3 N–H and O–H groups in total. The van der Waals surface area contributed by atoms with Crippen LogP contribution in [0.25, 0.3) is 0 Å². The zero-order valence-corrected chi connectivity index (χ0v) is 12.0. The molecule has 0 heterocycles. The molecule has 0 bridgehead atoms. The fourth-order valence-corrected chi connectivity index (χ4v) is 1.91. The van der Waals surface area contributed by atoms with Crippen LogP contribution in [0.15, 0.2) is 24.3 Å². The average molecular weight is 277 g/mol. The summed E-state index contributed by atoms with van der Waals surface area (Å²) in [5.41, 5.74) is 6.64. The van der Waals surface area contributed by atoms with Crippen LogP contribution in [0.2, 0.25) is 0 Å². The Morgan fingerprint density at radius 2 is 2.30 bits per heavy atom. The molecule has 0 atom stereocenters. The minimum atomic E-state index is 0.0973. The van der Waals surface area contributed by atoms with Gasteiger partial charge in [0.05, 0.1) is 6.54 Å². The summed E-state index contributed by atoms with van der Waals surface area (Å²) < 4.78 is 5.67. The summed E-state index contributed by atoms with van der Waals surface area (Å²) >= 11 is 0. The van der Waals surface area contributed by atoms with Gasteiger partial charge in [-0.3, -0.25) is 9.69 Å². The Labute approximate surface area is 120 Å². The van der Waals surface area contributed by atoms with E-state index in [-0.39, 0.29) is 5.91 Å². The third-order valence-electron chi connectivity index (χ3n) is 3.23. The summed E-state index contributed by atoms with van der Waals surface area (Å²) in [6.45, 7) is 2.20. The van der Waals surface area contributed by atoms with Crippen molar-refractivity contribution in [3.8, 4) is 5.75 Å². The van der Waals surface area contributed by atoms with Crippen molar-refractivity contribution in [3.05, 3.63) is 29.8 Å². The third-order valence-corrected chi connectivity index (χ3v) is 3.23. The molecule has 1 aliphatic carbocycles. The van der Waals surface area contributed by atoms with Crippen LogP contribution in [0.4, 0.5) is 0 Å². The molecule has 0 saturated heterocycles. The van der Waals surface area contributed by atoms with Gasteiger partial charge in [0.1, 0.15) is 12.4 Å². The number of nitrogens with zero attached hydrogens (tertiary/aromatic N) is 1. The number of carbonyl (C=O) groups excluding carboxylic acids is 1. The number of amides is 1. The van der Waals surface area contributed by atoms with Gasteiger partial charge in [-0.2, -0.15) is 0 Å². The molecule has 0 spiro atoms. The fourth-order valence-electron chi connectivity index (χ4n) is 1.91. The normalized spacial score (nSPS) is 14.3. The van der Waals surface area contributed by atoms with Crippen LogP contribution >= 0.6 is 0 Å². The molecule has 0 radical (unpaired) electrons. The van der Waals surface area contributed by atoms with Crippen molar-refractivity contribution in [3.63, 3.8) is 0 Å². The molecule has 20 heavy (non-hydrogen) atoms.